The molecule has 1 aliphatic rings. The molecule has 7 heteroatoms. The van der Waals surface area contributed by atoms with Crippen molar-refractivity contribution in [2.75, 3.05) is 20.2 Å². The molecule has 0 aliphatic carbocycles. The van der Waals surface area contributed by atoms with Gasteiger partial charge in [-0.2, -0.15) is 0 Å². The smallest absolute Gasteiger partial charge is 0.410 e. The number of methoxy groups -OCH3 is 1. The van der Waals surface area contributed by atoms with Gasteiger partial charge in [-0.3, -0.25) is 4.98 Å². The zero-order valence-corrected chi connectivity index (χ0v) is 14.0. The summed E-state index contributed by atoms with van der Waals surface area (Å²) >= 11 is 0. The molecule has 126 valence electrons. The molecular weight excluding hydrogens is 298 g/mol. The molecule has 0 aromatic carbocycles. The number of rotatable bonds is 2. The predicted octanol–water partition coefficient (Wildman–Crippen LogP) is 2.27. The average molecular weight is 321 g/mol. The summed E-state index contributed by atoms with van der Waals surface area (Å²) in [5.74, 6) is 0. The first-order valence-corrected chi connectivity index (χ1v) is 7.51. The molecule has 23 heavy (non-hydrogen) atoms. The number of amides is 2. The fourth-order valence-electron chi connectivity index (χ4n) is 2.56. The second kappa shape index (κ2) is 6.44. The van der Waals surface area contributed by atoms with Crippen molar-refractivity contribution in [3.05, 3.63) is 30.1 Å². The number of hydrogen-bond donors (Lipinski definition) is 1. The van der Waals surface area contributed by atoms with E-state index in [0.29, 0.717) is 18.7 Å². The number of ether oxygens (including phenoxy) is 2. The minimum absolute atomic E-state index is 0.286. The van der Waals surface area contributed by atoms with Gasteiger partial charge in [0.15, 0.2) is 0 Å². The Kier molecular flexibility index (Phi) is 4.77. The van der Waals surface area contributed by atoms with Gasteiger partial charge < -0.3 is 19.7 Å². The van der Waals surface area contributed by atoms with Crippen LogP contribution in [0, 0.1) is 0 Å². The van der Waals surface area contributed by atoms with Crippen LogP contribution >= 0.6 is 0 Å². The van der Waals surface area contributed by atoms with Gasteiger partial charge in [0, 0.05) is 12.7 Å². The maximum Gasteiger partial charge on any atom is 0.410 e. The second-order valence-electron chi connectivity index (χ2n) is 6.57. The van der Waals surface area contributed by atoms with Crippen LogP contribution in [0.3, 0.4) is 0 Å². The van der Waals surface area contributed by atoms with Crippen molar-refractivity contribution < 1.29 is 19.1 Å². The van der Waals surface area contributed by atoms with Crippen molar-refractivity contribution in [2.45, 2.75) is 38.3 Å². The maximum atomic E-state index is 12.3. The normalized spacial score (nSPS) is 21.0. The zero-order chi connectivity index (χ0) is 17.1. The van der Waals surface area contributed by atoms with E-state index < -0.39 is 23.3 Å². The highest BCUT2D eigenvalue weighted by Gasteiger charge is 2.45. The van der Waals surface area contributed by atoms with E-state index in [1.165, 1.54) is 7.11 Å². The first kappa shape index (κ1) is 17.1. The Morgan fingerprint density at radius 1 is 1.35 bits per heavy atom. The van der Waals surface area contributed by atoms with Crippen LogP contribution in [0.25, 0.3) is 0 Å². The first-order chi connectivity index (χ1) is 10.8. The van der Waals surface area contributed by atoms with E-state index in [4.69, 9.17) is 9.47 Å². The lowest BCUT2D eigenvalue weighted by Gasteiger charge is -2.30. The van der Waals surface area contributed by atoms with Gasteiger partial charge in [-0.1, -0.05) is 6.07 Å². The van der Waals surface area contributed by atoms with Crippen molar-refractivity contribution in [1.82, 2.24) is 15.2 Å². The van der Waals surface area contributed by atoms with Crippen LogP contribution < -0.4 is 5.32 Å². The van der Waals surface area contributed by atoms with Crippen LogP contribution in [0.4, 0.5) is 9.59 Å². The Labute approximate surface area is 136 Å². The lowest BCUT2D eigenvalue weighted by atomic mass is 9.93. The van der Waals surface area contributed by atoms with E-state index in [2.05, 4.69) is 10.3 Å². The third-order valence-electron chi connectivity index (χ3n) is 3.60. The molecule has 1 fully saturated rings. The Morgan fingerprint density at radius 2 is 2.09 bits per heavy atom. The Bertz CT molecular complexity index is 570. The van der Waals surface area contributed by atoms with Gasteiger partial charge in [-0.05, 0) is 39.3 Å². The number of carbonyl (C=O) groups is 2. The van der Waals surface area contributed by atoms with Crippen molar-refractivity contribution in [2.24, 2.45) is 0 Å². The topological polar surface area (TPSA) is 80.8 Å². The Morgan fingerprint density at radius 3 is 2.65 bits per heavy atom. The van der Waals surface area contributed by atoms with Crippen molar-refractivity contribution in [3.8, 4) is 0 Å². The van der Waals surface area contributed by atoms with Crippen molar-refractivity contribution in [1.29, 1.82) is 0 Å². The molecule has 0 saturated carbocycles. The van der Waals surface area contributed by atoms with Crippen LogP contribution in [0.1, 0.15) is 32.9 Å². The first-order valence-electron chi connectivity index (χ1n) is 7.51. The molecule has 2 heterocycles. The highest BCUT2D eigenvalue weighted by molar-refractivity contribution is 5.71. The minimum atomic E-state index is -0.773. The molecule has 0 bridgehead atoms. The summed E-state index contributed by atoms with van der Waals surface area (Å²) in [6.07, 6.45) is 1.24. The molecule has 1 N–H and O–H groups in total. The average Bonchev–Trinajstić information content (AvgIpc) is 2.92. The second-order valence-corrected chi connectivity index (χ2v) is 6.57. The molecule has 1 saturated heterocycles. The number of likely N-dealkylation sites (tertiary alicyclic amines) is 1. The number of hydrogen-bond acceptors (Lipinski definition) is 5. The SMILES string of the molecule is COC(=O)NC1(c2ccccn2)CCN(C(=O)OC(C)(C)C)C1. The van der Waals surface area contributed by atoms with Crippen LogP contribution in [0.5, 0.6) is 0 Å². The van der Waals surface area contributed by atoms with E-state index in [0.717, 1.165) is 0 Å². The Balaban J connectivity index is 2.21. The van der Waals surface area contributed by atoms with Crippen LogP contribution in [-0.4, -0.2) is 47.9 Å². The summed E-state index contributed by atoms with van der Waals surface area (Å²) in [7, 11) is 1.31. The van der Waals surface area contributed by atoms with Crippen LogP contribution in [-0.2, 0) is 15.0 Å². The van der Waals surface area contributed by atoms with Crippen LogP contribution in [0.15, 0.2) is 24.4 Å². The predicted molar refractivity (Wildman–Crippen MR) is 83.9 cm³/mol. The van der Waals surface area contributed by atoms with Crippen LogP contribution in [0.2, 0.25) is 0 Å². The fourth-order valence-corrected chi connectivity index (χ4v) is 2.56. The van der Waals surface area contributed by atoms with E-state index in [1.807, 2.05) is 32.9 Å². The lowest BCUT2D eigenvalue weighted by molar-refractivity contribution is 0.0278. The highest BCUT2D eigenvalue weighted by Crippen LogP contribution is 2.31. The number of pyridine rings is 1. The van der Waals surface area contributed by atoms with Gasteiger partial charge in [0.25, 0.3) is 0 Å². The maximum absolute atomic E-state index is 12.3. The number of nitrogens with zero attached hydrogens (tertiary/aromatic N) is 2. The molecule has 1 atom stereocenters. The lowest BCUT2D eigenvalue weighted by Crippen LogP contribution is -2.49. The molecule has 2 amide bonds. The Hall–Kier alpha value is -2.31. The van der Waals surface area contributed by atoms with E-state index in [-0.39, 0.29) is 6.54 Å². The number of nitrogens with one attached hydrogen (secondary N) is 1. The zero-order valence-electron chi connectivity index (χ0n) is 14.0. The standard InChI is InChI=1S/C16H23N3O4/c1-15(2,3)23-14(21)19-10-8-16(11-19,18-13(20)22-4)12-7-5-6-9-17-12/h5-7,9H,8,10-11H2,1-4H3,(H,18,20). The van der Waals surface area contributed by atoms with Crippen molar-refractivity contribution in [3.63, 3.8) is 0 Å². The summed E-state index contributed by atoms with van der Waals surface area (Å²) < 4.78 is 10.1. The van der Waals surface area contributed by atoms with Gasteiger partial charge >= 0.3 is 12.2 Å². The van der Waals surface area contributed by atoms with Gasteiger partial charge in [0.1, 0.15) is 11.1 Å². The van der Waals surface area contributed by atoms with Gasteiger partial charge in [-0.15, -0.1) is 0 Å². The van der Waals surface area contributed by atoms with E-state index >= 15 is 0 Å². The molecule has 1 aromatic rings. The molecule has 7 nitrogen and oxygen atoms in total. The number of aromatic nitrogens is 1. The molecule has 0 radical (unpaired) electrons. The third kappa shape index (κ3) is 4.12. The minimum Gasteiger partial charge on any atom is -0.453 e. The number of alkyl carbamates (subject to hydrolysis) is 1. The number of carbonyl (C=O) groups excluding carboxylic acids is 2. The van der Waals surface area contributed by atoms with Gasteiger partial charge in [0.05, 0.1) is 19.3 Å². The highest BCUT2D eigenvalue weighted by atomic mass is 16.6. The molecule has 1 aromatic heterocycles. The monoisotopic (exact) mass is 321 g/mol. The quantitative estimate of drug-likeness (QED) is 0.904. The summed E-state index contributed by atoms with van der Waals surface area (Å²) in [6.45, 7) is 6.21. The summed E-state index contributed by atoms with van der Waals surface area (Å²) in [4.78, 5) is 29.9. The summed E-state index contributed by atoms with van der Waals surface area (Å²) in [5.41, 5.74) is -0.648. The molecule has 2 rings (SSSR count). The summed E-state index contributed by atoms with van der Waals surface area (Å²) in [5, 5.41) is 2.83. The molecule has 1 aliphatic heterocycles. The van der Waals surface area contributed by atoms with Gasteiger partial charge in [0.2, 0.25) is 0 Å². The summed E-state index contributed by atoms with van der Waals surface area (Å²) in [6, 6.07) is 5.48. The van der Waals surface area contributed by atoms with E-state index in [1.54, 1.807) is 17.2 Å². The van der Waals surface area contributed by atoms with E-state index in [9.17, 15) is 9.59 Å². The molecular formula is C16H23N3O4. The van der Waals surface area contributed by atoms with Crippen molar-refractivity contribution >= 4 is 12.2 Å². The largest absolute Gasteiger partial charge is 0.453 e. The third-order valence-corrected chi connectivity index (χ3v) is 3.60. The molecule has 0 spiro atoms. The molecule has 1 unspecified atom stereocenters. The fraction of sp³-hybridized carbons (Fsp3) is 0.562. The van der Waals surface area contributed by atoms with Gasteiger partial charge in [-0.25, -0.2) is 9.59 Å².